The lowest BCUT2D eigenvalue weighted by Crippen LogP contribution is -1.84. The van der Waals surface area contributed by atoms with Crippen LogP contribution in [0.15, 0.2) is 16.7 Å². The largest absolute Gasteiger partial charge is 0.356 e. The Bertz CT molecular complexity index is 457. The van der Waals surface area contributed by atoms with Gasteiger partial charge < -0.3 is 4.52 Å². The number of fused-ring (bicyclic) bond motifs is 1. The molecule has 0 fully saturated rings. The van der Waals surface area contributed by atoms with Crippen molar-refractivity contribution in [1.29, 1.82) is 0 Å². The summed E-state index contributed by atoms with van der Waals surface area (Å²) in [6.45, 7) is 6.37. The molecule has 1 aromatic heterocycles. The van der Waals surface area contributed by atoms with Gasteiger partial charge in [0.05, 0.1) is 5.69 Å². The van der Waals surface area contributed by atoms with E-state index in [0.717, 1.165) is 24.1 Å². The predicted octanol–water partition coefficient (Wildman–Crippen LogP) is 3.40. The molecule has 0 atom stereocenters. The summed E-state index contributed by atoms with van der Waals surface area (Å²) in [5.41, 5.74) is 4.57. The van der Waals surface area contributed by atoms with Crippen molar-refractivity contribution in [1.82, 2.24) is 5.16 Å². The molecule has 2 rings (SSSR count). The number of nitrogens with zero attached hydrogens (tertiary/aromatic N) is 1. The Morgan fingerprint density at radius 3 is 2.64 bits per heavy atom. The quantitative estimate of drug-likeness (QED) is 0.723. The first-order valence-corrected chi connectivity index (χ1v) is 5.08. The molecule has 2 nitrogen and oxygen atoms in total. The first-order chi connectivity index (χ1) is 6.72. The summed E-state index contributed by atoms with van der Waals surface area (Å²) >= 11 is 0. The van der Waals surface area contributed by atoms with Crippen LogP contribution in [-0.4, -0.2) is 5.16 Å². The summed E-state index contributed by atoms with van der Waals surface area (Å²) in [7, 11) is 0. The summed E-state index contributed by atoms with van der Waals surface area (Å²) in [6.07, 6.45) is 2.10. The van der Waals surface area contributed by atoms with Gasteiger partial charge in [-0.3, -0.25) is 0 Å². The molecule has 0 amide bonds. The molecule has 0 N–H and O–H groups in total. The minimum atomic E-state index is 0.913. The Balaban J connectivity index is 2.61. The lowest BCUT2D eigenvalue weighted by molar-refractivity contribution is 0.445. The molecule has 1 aromatic carbocycles. The normalized spacial score (nSPS) is 11.1. The smallest absolute Gasteiger partial charge is 0.167 e. The fraction of sp³-hybridized carbons (Fsp3) is 0.417. The molecule has 1 heterocycles. The molecule has 0 spiro atoms. The summed E-state index contributed by atoms with van der Waals surface area (Å²) in [5, 5.41) is 5.27. The topological polar surface area (TPSA) is 26.0 Å². The molecule has 0 aliphatic heterocycles. The van der Waals surface area contributed by atoms with Gasteiger partial charge in [0, 0.05) is 5.39 Å². The van der Waals surface area contributed by atoms with Gasteiger partial charge in [-0.05, 0) is 43.5 Å². The van der Waals surface area contributed by atoms with Crippen molar-refractivity contribution in [2.75, 3.05) is 0 Å². The van der Waals surface area contributed by atoms with Gasteiger partial charge in [0.2, 0.25) is 0 Å². The second-order valence-corrected chi connectivity index (χ2v) is 3.81. The molecule has 14 heavy (non-hydrogen) atoms. The zero-order valence-electron chi connectivity index (χ0n) is 8.92. The van der Waals surface area contributed by atoms with Crippen molar-refractivity contribution in [3.8, 4) is 0 Å². The molecule has 2 heteroatoms. The molecule has 0 aliphatic carbocycles. The van der Waals surface area contributed by atoms with Crippen molar-refractivity contribution in [3.63, 3.8) is 0 Å². The van der Waals surface area contributed by atoms with Gasteiger partial charge >= 0.3 is 0 Å². The summed E-state index contributed by atoms with van der Waals surface area (Å²) < 4.78 is 5.29. The fourth-order valence-corrected chi connectivity index (χ4v) is 1.66. The van der Waals surface area contributed by atoms with Crippen LogP contribution in [0.25, 0.3) is 11.0 Å². The van der Waals surface area contributed by atoms with Crippen molar-refractivity contribution in [2.45, 2.75) is 33.6 Å². The van der Waals surface area contributed by atoms with Crippen molar-refractivity contribution < 1.29 is 4.52 Å². The van der Waals surface area contributed by atoms with E-state index in [1.165, 1.54) is 16.5 Å². The van der Waals surface area contributed by atoms with E-state index in [2.05, 4.69) is 38.1 Å². The minimum absolute atomic E-state index is 0.913. The van der Waals surface area contributed by atoms with E-state index in [-0.39, 0.29) is 0 Å². The number of aromatic nitrogens is 1. The van der Waals surface area contributed by atoms with Crippen LogP contribution in [0.2, 0.25) is 0 Å². The third-order valence-electron chi connectivity index (χ3n) is 2.65. The predicted molar refractivity (Wildman–Crippen MR) is 57.5 cm³/mol. The number of aryl methyl sites for hydroxylation is 3. The van der Waals surface area contributed by atoms with Crippen LogP contribution >= 0.6 is 0 Å². The Labute approximate surface area is 83.9 Å². The van der Waals surface area contributed by atoms with Crippen LogP contribution in [0.3, 0.4) is 0 Å². The molecule has 0 saturated carbocycles. The lowest BCUT2D eigenvalue weighted by Gasteiger charge is -1.98. The van der Waals surface area contributed by atoms with Gasteiger partial charge in [-0.1, -0.05) is 18.5 Å². The highest BCUT2D eigenvalue weighted by Gasteiger charge is 2.08. The van der Waals surface area contributed by atoms with Crippen LogP contribution in [0.4, 0.5) is 0 Å². The van der Waals surface area contributed by atoms with Crippen LogP contribution in [-0.2, 0) is 6.42 Å². The first-order valence-electron chi connectivity index (χ1n) is 5.08. The van der Waals surface area contributed by atoms with E-state index in [1.807, 2.05) is 0 Å². The number of benzene rings is 1. The third kappa shape index (κ3) is 1.41. The van der Waals surface area contributed by atoms with Crippen LogP contribution in [0.1, 0.15) is 30.2 Å². The zero-order valence-corrected chi connectivity index (χ0v) is 8.92. The summed E-state index contributed by atoms with van der Waals surface area (Å²) in [6, 6.07) is 4.24. The minimum Gasteiger partial charge on any atom is -0.356 e. The monoisotopic (exact) mass is 189 g/mol. The van der Waals surface area contributed by atoms with Crippen molar-refractivity contribution >= 4 is 11.0 Å². The molecule has 0 radical (unpaired) electrons. The Morgan fingerprint density at radius 1 is 1.21 bits per heavy atom. The van der Waals surface area contributed by atoms with Crippen LogP contribution in [0.5, 0.6) is 0 Å². The second-order valence-electron chi connectivity index (χ2n) is 3.81. The lowest BCUT2D eigenvalue weighted by atomic mass is 10.1. The molecule has 74 valence electrons. The SMILES string of the molecule is CCCc1noc2cc(C)c(C)cc12. The first kappa shape index (κ1) is 9.25. The van der Waals surface area contributed by atoms with E-state index < -0.39 is 0 Å². The maximum absolute atomic E-state index is 5.29. The average molecular weight is 189 g/mol. The molecule has 2 aromatic rings. The maximum atomic E-state index is 5.29. The summed E-state index contributed by atoms with van der Waals surface area (Å²) in [4.78, 5) is 0. The number of hydrogen-bond acceptors (Lipinski definition) is 2. The number of hydrogen-bond donors (Lipinski definition) is 0. The van der Waals surface area contributed by atoms with Gasteiger partial charge in [-0.25, -0.2) is 0 Å². The van der Waals surface area contributed by atoms with Crippen molar-refractivity contribution in [2.24, 2.45) is 0 Å². The Hall–Kier alpha value is -1.31. The van der Waals surface area contributed by atoms with E-state index in [0.29, 0.717) is 0 Å². The van der Waals surface area contributed by atoms with E-state index >= 15 is 0 Å². The third-order valence-corrected chi connectivity index (χ3v) is 2.65. The van der Waals surface area contributed by atoms with Crippen LogP contribution < -0.4 is 0 Å². The Morgan fingerprint density at radius 2 is 1.93 bits per heavy atom. The fourth-order valence-electron chi connectivity index (χ4n) is 1.66. The molecular weight excluding hydrogens is 174 g/mol. The second kappa shape index (κ2) is 3.45. The van der Waals surface area contributed by atoms with Gasteiger partial charge in [-0.2, -0.15) is 0 Å². The van der Waals surface area contributed by atoms with Gasteiger partial charge in [-0.15, -0.1) is 0 Å². The molecule has 0 unspecified atom stereocenters. The number of rotatable bonds is 2. The highest BCUT2D eigenvalue weighted by Crippen LogP contribution is 2.23. The Kier molecular flexibility index (Phi) is 2.28. The van der Waals surface area contributed by atoms with Gasteiger partial charge in [0.1, 0.15) is 0 Å². The highest BCUT2D eigenvalue weighted by molar-refractivity contribution is 5.81. The molecular formula is C12H15NO. The molecule has 0 saturated heterocycles. The molecule has 0 aliphatic rings. The van der Waals surface area contributed by atoms with Crippen molar-refractivity contribution in [3.05, 3.63) is 29.0 Å². The maximum Gasteiger partial charge on any atom is 0.167 e. The van der Waals surface area contributed by atoms with E-state index in [9.17, 15) is 0 Å². The van der Waals surface area contributed by atoms with Crippen LogP contribution in [0, 0.1) is 13.8 Å². The average Bonchev–Trinajstić information content (AvgIpc) is 2.51. The van der Waals surface area contributed by atoms with E-state index in [1.54, 1.807) is 0 Å². The van der Waals surface area contributed by atoms with Gasteiger partial charge in [0.25, 0.3) is 0 Å². The zero-order chi connectivity index (χ0) is 10.1. The van der Waals surface area contributed by atoms with Gasteiger partial charge in [0.15, 0.2) is 5.58 Å². The van der Waals surface area contributed by atoms with E-state index in [4.69, 9.17) is 4.52 Å². The summed E-state index contributed by atoms with van der Waals surface area (Å²) in [5.74, 6) is 0. The standard InChI is InChI=1S/C12H15NO/c1-4-5-11-10-6-8(2)9(3)7-12(10)14-13-11/h6-7H,4-5H2,1-3H3. The highest BCUT2D eigenvalue weighted by atomic mass is 16.5. The molecule has 0 bridgehead atoms.